The number of carbonyl (C=O) groups excluding carboxylic acids is 1. The SMILES string of the molecule is Cl.NC1CCN(CC(=O)Nc2ccc(F)c(Cl)c2)CC1. The predicted molar refractivity (Wildman–Crippen MR) is 80.9 cm³/mol. The van der Waals surface area contributed by atoms with E-state index in [4.69, 9.17) is 17.3 Å². The van der Waals surface area contributed by atoms with Crippen molar-refractivity contribution < 1.29 is 9.18 Å². The summed E-state index contributed by atoms with van der Waals surface area (Å²) in [6.07, 6.45) is 1.82. The molecule has 1 fully saturated rings. The average molecular weight is 322 g/mol. The molecule has 0 aliphatic carbocycles. The van der Waals surface area contributed by atoms with Gasteiger partial charge in [0.25, 0.3) is 0 Å². The van der Waals surface area contributed by atoms with Crippen molar-refractivity contribution >= 4 is 35.6 Å². The second-order valence-corrected chi connectivity index (χ2v) is 5.20. The summed E-state index contributed by atoms with van der Waals surface area (Å²) in [7, 11) is 0. The van der Waals surface area contributed by atoms with E-state index in [1.54, 1.807) is 0 Å². The molecule has 0 atom stereocenters. The van der Waals surface area contributed by atoms with Gasteiger partial charge in [0.15, 0.2) is 0 Å². The second-order valence-electron chi connectivity index (χ2n) is 4.79. The van der Waals surface area contributed by atoms with Gasteiger partial charge in [0.05, 0.1) is 11.6 Å². The zero-order chi connectivity index (χ0) is 13.8. The van der Waals surface area contributed by atoms with Crippen LogP contribution < -0.4 is 11.1 Å². The van der Waals surface area contributed by atoms with E-state index in [0.29, 0.717) is 12.2 Å². The quantitative estimate of drug-likeness (QED) is 0.897. The normalized spacial score (nSPS) is 16.6. The smallest absolute Gasteiger partial charge is 0.238 e. The number of nitrogens with zero attached hydrogens (tertiary/aromatic N) is 1. The molecule has 7 heteroatoms. The molecule has 1 amide bonds. The molecule has 1 saturated heterocycles. The van der Waals surface area contributed by atoms with Crippen LogP contribution in [0.3, 0.4) is 0 Å². The highest BCUT2D eigenvalue weighted by Gasteiger charge is 2.18. The first kappa shape index (κ1) is 17.2. The van der Waals surface area contributed by atoms with Crippen LogP contribution in [-0.2, 0) is 4.79 Å². The molecule has 3 N–H and O–H groups in total. The van der Waals surface area contributed by atoms with Crippen LogP contribution in [0.1, 0.15) is 12.8 Å². The maximum absolute atomic E-state index is 13.0. The van der Waals surface area contributed by atoms with Gasteiger partial charge < -0.3 is 11.1 Å². The van der Waals surface area contributed by atoms with Crippen LogP contribution >= 0.6 is 24.0 Å². The number of hydrogen-bond acceptors (Lipinski definition) is 3. The monoisotopic (exact) mass is 321 g/mol. The van der Waals surface area contributed by atoms with Crippen molar-refractivity contribution in [2.75, 3.05) is 25.0 Å². The Kier molecular flexibility index (Phi) is 6.68. The highest BCUT2D eigenvalue weighted by molar-refractivity contribution is 6.31. The number of amides is 1. The van der Waals surface area contributed by atoms with Gasteiger partial charge in [-0.3, -0.25) is 9.69 Å². The summed E-state index contributed by atoms with van der Waals surface area (Å²) in [5.41, 5.74) is 6.31. The van der Waals surface area contributed by atoms with E-state index in [1.807, 2.05) is 0 Å². The second kappa shape index (κ2) is 7.78. The molecule has 1 aliphatic rings. The molecule has 4 nitrogen and oxygen atoms in total. The molecule has 0 unspecified atom stereocenters. The highest BCUT2D eigenvalue weighted by atomic mass is 35.5. The summed E-state index contributed by atoms with van der Waals surface area (Å²) in [6.45, 7) is 1.99. The van der Waals surface area contributed by atoms with Crippen LogP contribution in [-0.4, -0.2) is 36.5 Å². The van der Waals surface area contributed by atoms with Gasteiger partial charge >= 0.3 is 0 Å². The molecule has 0 aromatic heterocycles. The Labute approximate surface area is 128 Å². The minimum absolute atomic E-state index is 0. The van der Waals surface area contributed by atoms with Crippen molar-refractivity contribution in [3.05, 3.63) is 29.0 Å². The number of hydrogen-bond donors (Lipinski definition) is 2. The van der Waals surface area contributed by atoms with Gasteiger partial charge in [0, 0.05) is 24.8 Å². The molecule has 0 bridgehead atoms. The van der Waals surface area contributed by atoms with Crippen molar-refractivity contribution in [2.24, 2.45) is 5.73 Å². The lowest BCUT2D eigenvalue weighted by atomic mass is 10.1. The van der Waals surface area contributed by atoms with E-state index in [0.717, 1.165) is 25.9 Å². The molecule has 1 aromatic rings. The third kappa shape index (κ3) is 4.90. The van der Waals surface area contributed by atoms with Gasteiger partial charge in [-0.25, -0.2) is 4.39 Å². The Morgan fingerprint density at radius 3 is 2.70 bits per heavy atom. The van der Waals surface area contributed by atoms with Crippen LogP contribution in [0, 0.1) is 5.82 Å². The van der Waals surface area contributed by atoms with E-state index < -0.39 is 5.82 Å². The summed E-state index contributed by atoms with van der Waals surface area (Å²) in [5, 5.41) is 2.71. The first-order valence-electron chi connectivity index (χ1n) is 6.27. The van der Waals surface area contributed by atoms with Crippen molar-refractivity contribution in [2.45, 2.75) is 18.9 Å². The summed E-state index contributed by atoms with van der Waals surface area (Å²) in [4.78, 5) is 13.9. The molecule has 0 spiro atoms. The number of anilines is 1. The summed E-state index contributed by atoms with van der Waals surface area (Å²) >= 11 is 5.65. The molecule has 1 aromatic carbocycles. The Morgan fingerprint density at radius 1 is 1.45 bits per heavy atom. The van der Waals surface area contributed by atoms with E-state index in [9.17, 15) is 9.18 Å². The molecule has 0 saturated carbocycles. The fraction of sp³-hybridized carbons (Fsp3) is 0.462. The fourth-order valence-electron chi connectivity index (χ4n) is 2.09. The maximum Gasteiger partial charge on any atom is 0.238 e. The van der Waals surface area contributed by atoms with Crippen LogP contribution in [0.2, 0.25) is 5.02 Å². The summed E-state index contributed by atoms with van der Waals surface area (Å²) in [6, 6.07) is 4.37. The highest BCUT2D eigenvalue weighted by Crippen LogP contribution is 2.19. The fourth-order valence-corrected chi connectivity index (χ4v) is 2.27. The average Bonchev–Trinajstić information content (AvgIpc) is 2.37. The van der Waals surface area contributed by atoms with Crippen LogP contribution in [0.5, 0.6) is 0 Å². The number of rotatable bonds is 3. The van der Waals surface area contributed by atoms with E-state index in [-0.39, 0.29) is 29.4 Å². The molecule has 2 rings (SSSR count). The Hall–Kier alpha value is -0.880. The standard InChI is InChI=1S/C13H17ClFN3O.ClH/c14-11-7-10(1-2-12(11)15)17-13(19)8-18-5-3-9(16)4-6-18;/h1-2,7,9H,3-6,8,16H2,(H,17,19);1H. The van der Waals surface area contributed by atoms with Crippen molar-refractivity contribution in [1.82, 2.24) is 4.90 Å². The zero-order valence-electron chi connectivity index (χ0n) is 10.9. The van der Waals surface area contributed by atoms with E-state index in [2.05, 4.69) is 10.2 Å². The number of nitrogens with two attached hydrogens (primary N) is 1. The van der Waals surface area contributed by atoms with E-state index >= 15 is 0 Å². The largest absolute Gasteiger partial charge is 0.328 e. The van der Waals surface area contributed by atoms with E-state index in [1.165, 1.54) is 18.2 Å². The maximum atomic E-state index is 13.0. The Morgan fingerprint density at radius 2 is 2.10 bits per heavy atom. The van der Waals surface area contributed by atoms with Gasteiger partial charge in [0.1, 0.15) is 5.82 Å². The number of piperidine rings is 1. The van der Waals surface area contributed by atoms with Crippen LogP contribution in [0.25, 0.3) is 0 Å². The topological polar surface area (TPSA) is 58.4 Å². The van der Waals surface area contributed by atoms with Gasteiger partial charge in [-0.2, -0.15) is 0 Å². The number of halogens is 3. The molecular weight excluding hydrogens is 304 g/mol. The molecular formula is C13H18Cl2FN3O. The molecule has 1 heterocycles. The number of nitrogens with one attached hydrogen (secondary N) is 1. The lowest BCUT2D eigenvalue weighted by Gasteiger charge is -2.29. The lowest BCUT2D eigenvalue weighted by molar-refractivity contribution is -0.117. The Bertz CT molecular complexity index is 465. The minimum atomic E-state index is -0.496. The van der Waals surface area contributed by atoms with Gasteiger partial charge in [-0.15, -0.1) is 12.4 Å². The molecule has 0 radical (unpaired) electrons. The first-order chi connectivity index (χ1) is 9.04. The number of benzene rings is 1. The minimum Gasteiger partial charge on any atom is -0.328 e. The first-order valence-corrected chi connectivity index (χ1v) is 6.65. The van der Waals surface area contributed by atoms with Gasteiger partial charge in [-0.1, -0.05) is 11.6 Å². The van der Waals surface area contributed by atoms with Gasteiger partial charge in [-0.05, 0) is 31.0 Å². The van der Waals surface area contributed by atoms with Crippen LogP contribution in [0.15, 0.2) is 18.2 Å². The summed E-state index contributed by atoms with van der Waals surface area (Å²) < 4.78 is 13.0. The molecule has 20 heavy (non-hydrogen) atoms. The van der Waals surface area contributed by atoms with Crippen molar-refractivity contribution in [1.29, 1.82) is 0 Å². The predicted octanol–water partition coefficient (Wildman–Crippen LogP) is 2.26. The molecule has 1 aliphatic heterocycles. The number of likely N-dealkylation sites (tertiary alicyclic amines) is 1. The Balaban J connectivity index is 0.00000200. The van der Waals surface area contributed by atoms with Crippen LogP contribution in [0.4, 0.5) is 10.1 Å². The lowest BCUT2D eigenvalue weighted by Crippen LogP contribution is -2.43. The number of carbonyl (C=O) groups is 1. The molecule has 112 valence electrons. The summed E-state index contributed by atoms with van der Waals surface area (Å²) in [5.74, 6) is -0.622. The zero-order valence-corrected chi connectivity index (χ0v) is 12.5. The third-order valence-corrected chi connectivity index (χ3v) is 3.49. The van der Waals surface area contributed by atoms with Crippen molar-refractivity contribution in [3.8, 4) is 0 Å². The van der Waals surface area contributed by atoms with Gasteiger partial charge in [0.2, 0.25) is 5.91 Å². The third-order valence-electron chi connectivity index (χ3n) is 3.20. The van der Waals surface area contributed by atoms with Crippen molar-refractivity contribution in [3.63, 3.8) is 0 Å².